The van der Waals surface area contributed by atoms with Gasteiger partial charge in [-0.15, -0.1) is 0 Å². The second-order valence-electron chi connectivity index (χ2n) is 4.08. The third-order valence-corrected chi connectivity index (χ3v) is 3.21. The highest BCUT2D eigenvalue weighted by Gasteiger charge is 2.30. The Balaban J connectivity index is 1.98. The molecule has 2 amide bonds. The van der Waals surface area contributed by atoms with Gasteiger partial charge in [-0.05, 0) is 25.8 Å². The first kappa shape index (κ1) is 9.73. The fourth-order valence-corrected chi connectivity index (χ4v) is 2.48. The molecule has 2 aliphatic heterocycles. The largest absolute Gasteiger partial charge is 0.331 e. The summed E-state index contributed by atoms with van der Waals surface area (Å²) in [6.07, 6.45) is 3.54. The Labute approximate surface area is 84.2 Å². The molecule has 0 aliphatic carbocycles. The van der Waals surface area contributed by atoms with Gasteiger partial charge >= 0.3 is 6.03 Å². The summed E-state index contributed by atoms with van der Waals surface area (Å²) in [7, 11) is 0. The molecular formula is C9H18N4O. The van der Waals surface area contributed by atoms with Crippen molar-refractivity contribution >= 4 is 6.03 Å². The highest BCUT2D eigenvalue weighted by Crippen LogP contribution is 2.20. The lowest BCUT2D eigenvalue weighted by atomic mass is 10.2. The second kappa shape index (κ2) is 4.14. The van der Waals surface area contributed by atoms with Gasteiger partial charge in [0.25, 0.3) is 0 Å². The number of nitrogens with two attached hydrogens (primary N) is 1. The maximum Gasteiger partial charge on any atom is 0.331 e. The van der Waals surface area contributed by atoms with Crippen molar-refractivity contribution in [1.29, 1.82) is 0 Å². The molecule has 0 spiro atoms. The van der Waals surface area contributed by atoms with Gasteiger partial charge in [0, 0.05) is 25.7 Å². The third-order valence-electron chi connectivity index (χ3n) is 3.21. The zero-order valence-corrected chi connectivity index (χ0v) is 8.41. The molecule has 0 radical (unpaired) electrons. The smallest absolute Gasteiger partial charge is 0.322 e. The van der Waals surface area contributed by atoms with Gasteiger partial charge in [0.05, 0.1) is 0 Å². The summed E-state index contributed by atoms with van der Waals surface area (Å²) in [5.41, 5.74) is 2.21. The standard InChI is InChI=1S/C9H18N4O/c10-11-9(14)13-6-2-5-12-4-1-3-8(12)7-13/h8H,1-7,10H2,(H,11,14). The average molecular weight is 198 g/mol. The van der Waals surface area contributed by atoms with E-state index in [0.717, 1.165) is 26.1 Å². The lowest BCUT2D eigenvalue weighted by molar-refractivity contribution is 0.189. The maximum absolute atomic E-state index is 11.4. The summed E-state index contributed by atoms with van der Waals surface area (Å²) in [5.74, 6) is 5.14. The molecule has 0 bridgehead atoms. The van der Waals surface area contributed by atoms with E-state index >= 15 is 0 Å². The van der Waals surface area contributed by atoms with E-state index in [0.29, 0.717) is 6.04 Å². The molecule has 5 nitrogen and oxygen atoms in total. The molecule has 0 aromatic heterocycles. The zero-order valence-electron chi connectivity index (χ0n) is 8.41. The Morgan fingerprint density at radius 1 is 1.29 bits per heavy atom. The summed E-state index contributed by atoms with van der Waals surface area (Å²) in [6.45, 7) is 3.99. The Hall–Kier alpha value is -0.810. The normalized spacial score (nSPS) is 28.4. The first-order chi connectivity index (χ1) is 6.81. The Bertz CT molecular complexity index is 221. The van der Waals surface area contributed by atoms with E-state index in [-0.39, 0.29) is 6.03 Å². The lowest BCUT2D eigenvalue weighted by Gasteiger charge is -2.25. The van der Waals surface area contributed by atoms with Crippen LogP contribution in [0.4, 0.5) is 4.79 Å². The molecule has 3 N–H and O–H groups in total. The molecule has 0 aromatic rings. The number of hydrogen-bond acceptors (Lipinski definition) is 3. The zero-order chi connectivity index (χ0) is 9.97. The topological polar surface area (TPSA) is 61.6 Å². The number of rotatable bonds is 0. The minimum absolute atomic E-state index is 0.140. The number of hydrazine groups is 1. The van der Waals surface area contributed by atoms with Crippen LogP contribution in [0.5, 0.6) is 0 Å². The van der Waals surface area contributed by atoms with Gasteiger partial charge in [-0.2, -0.15) is 0 Å². The summed E-state index contributed by atoms with van der Waals surface area (Å²) < 4.78 is 0. The van der Waals surface area contributed by atoms with Crippen LogP contribution in [0.15, 0.2) is 0 Å². The van der Waals surface area contributed by atoms with E-state index in [1.165, 1.54) is 19.4 Å². The van der Waals surface area contributed by atoms with Gasteiger partial charge < -0.3 is 4.90 Å². The van der Waals surface area contributed by atoms with E-state index in [9.17, 15) is 4.79 Å². The van der Waals surface area contributed by atoms with Crippen molar-refractivity contribution < 1.29 is 4.79 Å². The highest BCUT2D eigenvalue weighted by molar-refractivity contribution is 5.73. The van der Waals surface area contributed by atoms with Crippen molar-refractivity contribution in [1.82, 2.24) is 15.2 Å². The predicted molar refractivity (Wildman–Crippen MR) is 53.5 cm³/mol. The van der Waals surface area contributed by atoms with Gasteiger partial charge in [-0.25, -0.2) is 10.6 Å². The van der Waals surface area contributed by atoms with E-state index < -0.39 is 0 Å². The first-order valence-electron chi connectivity index (χ1n) is 5.31. The number of nitrogens with zero attached hydrogens (tertiary/aromatic N) is 2. The van der Waals surface area contributed by atoms with Crippen molar-refractivity contribution in [3.8, 4) is 0 Å². The minimum atomic E-state index is -0.140. The molecule has 2 rings (SSSR count). The van der Waals surface area contributed by atoms with Gasteiger partial charge in [-0.1, -0.05) is 0 Å². The van der Waals surface area contributed by atoms with Crippen LogP contribution >= 0.6 is 0 Å². The fraction of sp³-hybridized carbons (Fsp3) is 0.889. The molecule has 80 valence electrons. The van der Waals surface area contributed by atoms with Gasteiger partial charge in [0.2, 0.25) is 0 Å². The van der Waals surface area contributed by atoms with Crippen LogP contribution in [0.2, 0.25) is 0 Å². The molecule has 2 fully saturated rings. The predicted octanol–water partition coefficient (Wildman–Crippen LogP) is -0.260. The van der Waals surface area contributed by atoms with Gasteiger partial charge in [0.15, 0.2) is 0 Å². The molecule has 14 heavy (non-hydrogen) atoms. The van der Waals surface area contributed by atoms with Crippen molar-refractivity contribution in [2.24, 2.45) is 5.84 Å². The SMILES string of the molecule is NNC(=O)N1CCCN2CCCC2C1. The molecule has 1 atom stereocenters. The number of urea groups is 1. The average Bonchev–Trinajstić information content (AvgIpc) is 2.54. The number of amides is 2. The number of fused-ring (bicyclic) bond motifs is 1. The molecule has 2 heterocycles. The Kier molecular flexibility index (Phi) is 2.88. The van der Waals surface area contributed by atoms with Crippen LogP contribution in [0.1, 0.15) is 19.3 Å². The van der Waals surface area contributed by atoms with Crippen LogP contribution in [-0.2, 0) is 0 Å². The molecule has 5 heteroatoms. The van der Waals surface area contributed by atoms with Crippen LogP contribution in [0.3, 0.4) is 0 Å². The summed E-state index contributed by atoms with van der Waals surface area (Å²) in [5, 5.41) is 0. The molecular weight excluding hydrogens is 180 g/mol. The van der Waals surface area contributed by atoms with E-state index in [4.69, 9.17) is 5.84 Å². The molecule has 2 aliphatic rings. The molecule has 0 saturated carbocycles. The number of nitrogens with one attached hydrogen (secondary N) is 1. The van der Waals surface area contributed by atoms with Gasteiger partial charge in [-0.3, -0.25) is 10.3 Å². The van der Waals surface area contributed by atoms with Crippen LogP contribution < -0.4 is 11.3 Å². The molecule has 0 aromatic carbocycles. The van der Waals surface area contributed by atoms with Gasteiger partial charge in [0.1, 0.15) is 0 Å². The Morgan fingerprint density at radius 3 is 2.86 bits per heavy atom. The van der Waals surface area contributed by atoms with Crippen LogP contribution in [0, 0.1) is 0 Å². The maximum atomic E-state index is 11.4. The number of carbonyl (C=O) groups excluding carboxylic acids is 1. The van der Waals surface area contributed by atoms with E-state index in [1.807, 2.05) is 4.90 Å². The van der Waals surface area contributed by atoms with E-state index in [1.54, 1.807) is 0 Å². The number of carbonyl (C=O) groups is 1. The third kappa shape index (κ3) is 1.83. The fourth-order valence-electron chi connectivity index (χ4n) is 2.48. The van der Waals surface area contributed by atoms with Crippen molar-refractivity contribution in [2.45, 2.75) is 25.3 Å². The summed E-state index contributed by atoms with van der Waals surface area (Å²) >= 11 is 0. The lowest BCUT2D eigenvalue weighted by Crippen LogP contribution is -2.46. The molecule has 1 unspecified atom stereocenters. The second-order valence-corrected chi connectivity index (χ2v) is 4.08. The van der Waals surface area contributed by atoms with Crippen LogP contribution in [0.25, 0.3) is 0 Å². The van der Waals surface area contributed by atoms with Crippen LogP contribution in [-0.4, -0.2) is 48.1 Å². The van der Waals surface area contributed by atoms with Crippen molar-refractivity contribution in [3.05, 3.63) is 0 Å². The monoisotopic (exact) mass is 198 g/mol. The van der Waals surface area contributed by atoms with Crippen molar-refractivity contribution in [2.75, 3.05) is 26.2 Å². The highest BCUT2D eigenvalue weighted by atomic mass is 16.2. The quantitative estimate of drug-likeness (QED) is 0.320. The van der Waals surface area contributed by atoms with E-state index in [2.05, 4.69) is 10.3 Å². The van der Waals surface area contributed by atoms with Crippen molar-refractivity contribution in [3.63, 3.8) is 0 Å². The number of hydrogen-bond donors (Lipinski definition) is 2. The summed E-state index contributed by atoms with van der Waals surface area (Å²) in [4.78, 5) is 15.7. The first-order valence-corrected chi connectivity index (χ1v) is 5.31. The summed E-state index contributed by atoms with van der Waals surface area (Å²) in [6, 6.07) is 0.425. The minimum Gasteiger partial charge on any atom is -0.322 e. The molecule has 2 saturated heterocycles. The Morgan fingerprint density at radius 2 is 2.07 bits per heavy atom.